The van der Waals surface area contributed by atoms with Gasteiger partial charge in [0.1, 0.15) is 5.03 Å². The third-order valence-corrected chi connectivity index (χ3v) is 3.00. The Labute approximate surface area is 97.1 Å². The van der Waals surface area contributed by atoms with Crippen LogP contribution in [0, 0.1) is 0 Å². The molecule has 1 heterocycles. The van der Waals surface area contributed by atoms with E-state index in [0.717, 1.165) is 15.9 Å². The molecule has 2 aromatic rings. The van der Waals surface area contributed by atoms with E-state index in [9.17, 15) is 0 Å². The maximum atomic E-state index is 8.82. The largest absolute Gasteiger partial charge is 0.396 e. The minimum atomic E-state index is 0.119. The number of fused-ring (bicyclic) bond motifs is 1. The topological polar surface area (TPSA) is 84.1 Å². The number of aliphatic hydroxyl groups excluding tert-OH is 1. The monoisotopic (exact) mass is 236 g/mol. The highest BCUT2D eigenvalue weighted by Gasteiger charge is 2.06. The number of nitrogen functional groups attached to an aromatic ring is 1. The number of nitrogens with two attached hydrogens (primary N) is 1. The van der Waals surface area contributed by atoms with Gasteiger partial charge in [0.25, 0.3) is 0 Å². The van der Waals surface area contributed by atoms with Crippen LogP contribution in [0.4, 0.5) is 5.95 Å². The summed E-state index contributed by atoms with van der Waals surface area (Å²) in [5.41, 5.74) is 3.28. The van der Waals surface area contributed by atoms with Gasteiger partial charge in [-0.25, -0.2) is 15.8 Å². The number of hydrogen-bond donors (Lipinski definition) is 3. The molecule has 1 aromatic heterocycles. The normalized spacial score (nSPS) is 10.6. The molecule has 5 nitrogen and oxygen atoms in total. The molecule has 6 heteroatoms. The Bertz CT molecular complexity index is 491. The SMILES string of the molecule is NNc1nc(SCCO)c2ccccc2n1. The number of hydrazine groups is 1. The number of rotatable bonds is 4. The Morgan fingerprint density at radius 2 is 2.12 bits per heavy atom. The second-order valence-electron chi connectivity index (χ2n) is 3.09. The van der Waals surface area contributed by atoms with Crippen molar-refractivity contribution in [3.63, 3.8) is 0 Å². The second-order valence-corrected chi connectivity index (χ2v) is 4.17. The first-order chi connectivity index (χ1) is 7.85. The maximum absolute atomic E-state index is 8.82. The smallest absolute Gasteiger partial charge is 0.238 e. The summed E-state index contributed by atoms with van der Waals surface area (Å²) >= 11 is 1.48. The van der Waals surface area contributed by atoms with Crippen LogP contribution < -0.4 is 11.3 Å². The predicted octanol–water partition coefficient (Wildman–Crippen LogP) is 1.000. The van der Waals surface area contributed by atoms with Crippen LogP contribution in [-0.2, 0) is 0 Å². The lowest BCUT2D eigenvalue weighted by Gasteiger charge is -2.06. The van der Waals surface area contributed by atoms with E-state index in [2.05, 4.69) is 15.4 Å². The molecule has 0 saturated carbocycles. The van der Waals surface area contributed by atoms with E-state index in [0.29, 0.717) is 11.7 Å². The van der Waals surface area contributed by atoms with Gasteiger partial charge >= 0.3 is 0 Å². The molecule has 0 bridgehead atoms. The Hall–Kier alpha value is -1.37. The van der Waals surface area contributed by atoms with Crippen molar-refractivity contribution in [2.24, 2.45) is 5.84 Å². The lowest BCUT2D eigenvalue weighted by atomic mass is 10.2. The molecule has 0 saturated heterocycles. The minimum absolute atomic E-state index is 0.119. The molecule has 16 heavy (non-hydrogen) atoms. The summed E-state index contributed by atoms with van der Waals surface area (Å²) < 4.78 is 0. The number of thioether (sulfide) groups is 1. The van der Waals surface area contributed by atoms with E-state index >= 15 is 0 Å². The Kier molecular flexibility index (Phi) is 3.55. The predicted molar refractivity (Wildman–Crippen MR) is 65.2 cm³/mol. The fourth-order valence-corrected chi connectivity index (χ4v) is 2.13. The molecular weight excluding hydrogens is 224 g/mol. The molecule has 0 spiro atoms. The molecule has 1 aromatic carbocycles. The summed E-state index contributed by atoms with van der Waals surface area (Å²) in [6.45, 7) is 0.119. The van der Waals surface area contributed by atoms with Crippen molar-refractivity contribution in [1.29, 1.82) is 0 Å². The molecule has 0 amide bonds. The fraction of sp³-hybridized carbons (Fsp3) is 0.200. The van der Waals surface area contributed by atoms with Gasteiger partial charge in [0, 0.05) is 11.1 Å². The van der Waals surface area contributed by atoms with Crippen LogP contribution in [-0.4, -0.2) is 27.4 Å². The molecule has 84 valence electrons. The average Bonchev–Trinajstić information content (AvgIpc) is 2.35. The number of nitrogens with one attached hydrogen (secondary N) is 1. The number of nitrogens with zero attached hydrogens (tertiary/aromatic N) is 2. The summed E-state index contributed by atoms with van der Waals surface area (Å²) in [7, 11) is 0. The van der Waals surface area contributed by atoms with Crippen LogP contribution in [0.1, 0.15) is 0 Å². The van der Waals surface area contributed by atoms with Crippen molar-refractivity contribution < 1.29 is 5.11 Å². The molecular formula is C10H12N4OS. The van der Waals surface area contributed by atoms with Gasteiger partial charge in [-0.3, -0.25) is 5.43 Å². The summed E-state index contributed by atoms with van der Waals surface area (Å²) in [6.07, 6.45) is 0. The summed E-state index contributed by atoms with van der Waals surface area (Å²) in [5, 5.41) is 10.6. The summed E-state index contributed by atoms with van der Waals surface area (Å²) in [5.74, 6) is 6.30. The van der Waals surface area contributed by atoms with Crippen LogP contribution in [0.3, 0.4) is 0 Å². The van der Waals surface area contributed by atoms with Gasteiger partial charge in [-0.2, -0.15) is 0 Å². The van der Waals surface area contributed by atoms with Gasteiger partial charge in [0.15, 0.2) is 0 Å². The Morgan fingerprint density at radius 1 is 1.31 bits per heavy atom. The van der Waals surface area contributed by atoms with E-state index < -0.39 is 0 Å². The van der Waals surface area contributed by atoms with Crippen LogP contribution in [0.25, 0.3) is 10.9 Å². The number of para-hydroxylation sites is 1. The second kappa shape index (κ2) is 5.11. The average molecular weight is 236 g/mol. The van der Waals surface area contributed by atoms with E-state index in [4.69, 9.17) is 10.9 Å². The molecule has 0 fully saturated rings. The van der Waals surface area contributed by atoms with Crippen molar-refractivity contribution in [1.82, 2.24) is 9.97 Å². The van der Waals surface area contributed by atoms with Crippen molar-refractivity contribution in [2.45, 2.75) is 5.03 Å². The number of hydrogen-bond acceptors (Lipinski definition) is 6. The number of aromatic nitrogens is 2. The molecule has 4 N–H and O–H groups in total. The lowest BCUT2D eigenvalue weighted by molar-refractivity contribution is 0.322. The molecule has 0 radical (unpaired) electrons. The molecule has 0 aliphatic carbocycles. The van der Waals surface area contributed by atoms with Crippen molar-refractivity contribution >= 4 is 28.6 Å². The molecule has 0 unspecified atom stereocenters. The highest BCUT2D eigenvalue weighted by molar-refractivity contribution is 7.99. The molecule has 0 aliphatic heterocycles. The molecule has 0 aliphatic rings. The van der Waals surface area contributed by atoms with E-state index in [1.165, 1.54) is 11.8 Å². The highest BCUT2D eigenvalue weighted by atomic mass is 32.2. The van der Waals surface area contributed by atoms with Gasteiger partial charge in [-0.15, -0.1) is 11.8 Å². The van der Waals surface area contributed by atoms with E-state index in [-0.39, 0.29) is 6.61 Å². The van der Waals surface area contributed by atoms with E-state index in [1.54, 1.807) is 0 Å². The number of aliphatic hydroxyl groups is 1. The van der Waals surface area contributed by atoms with Crippen molar-refractivity contribution in [2.75, 3.05) is 17.8 Å². The van der Waals surface area contributed by atoms with Crippen molar-refractivity contribution in [3.05, 3.63) is 24.3 Å². The third-order valence-electron chi connectivity index (χ3n) is 2.03. The van der Waals surface area contributed by atoms with Crippen LogP contribution >= 0.6 is 11.8 Å². The van der Waals surface area contributed by atoms with Gasteiger partial charge in [-0.05, 0) is 6.07 Å². The molecule has 0 atom stereocenters. The summed E-state index contributed by atoms with van der Waals surface area (Å²) in [6, 6.07) is 7.70. The number of anilines is 1. The first-order valence-electron chi connectivity index (χ1n) is 4.82. The summed E-state index contributed by atoms with van der Waals surface area (Å²) in [4.78, 5) is 8.50. The lowest BCUT2D eigenvalue weighted by Crippen LogP contribution is -2.11. The van der Waals surface area contributed by atoms with Gasteiger partial charge < -0.3 is 5.11 Å². The maximum Gasteiger partial charge on any atom is 0.238 e. The van der Waals surface area contributed by atoms with Gasteiger partial charge in [0.05, 0.1) is 12.1 Å². The van der Waals surface area contributed by atoms with E-state index in [1.807, 2.05) is 24.3 Å². The van der Waals surface area contributed by atoms with Crippen LogP contribution in [0.5, 0.6) is 0 Å². The minimum Gasteiger partial charge on any atom is -0.396 e. The van der Waals surface area contributed by atoms with Crippen LogP contribution in [0.2, 0.25) is 0 Å². The number of benzene rings is 1. The zero-order chi connectivity index (χ0) is 11.4. The van der Waals surface area contributed by atoms with Crippen molar-refractivity contribution in [3.8, 4) is 0 Å². The standard InChI is InChI=1S/C10H12N4OS/c11-14-10-12-8-4-2-1-3-7(8)9(13-10)16-6-5-15/h1-4,15H,5-6,11H2,(H,12,13,14). The Balaban J connectivity index is 2.50. The quantitative estimate of drug-likeness (QED) is 0.318. The third kappa shape index (κ3) is 2.24. The first kappa shape index (κ1) is 11.1. The first-order valence-corrected chi connectivity index (χ1v) is 5.81. The zero-order valence-electron chi connectivity index (χ0n) is 8.55. The van der Waals surface area contributed by atoms with Crippen LogP contribution in [0.15, 0.2) is 29.3 Å². The zero-order valence-corrected chi connectivity index (χ0v) is 9.37. The fourth-order valence-electron chi connectivity index (χ4n) is 1.36. The Morgan fingerprint density at radius 3 is 2.88 bits per heavy atom. The highest BCUT2D eigenvalue weighted by Crippen LogP contribution is 2.25. The molecule has 2 rings (SSSR count). The van der Waals surface area contributed by atoms with Gasteiger partial charge in [-0.1, -0.05) is 18.2 Å². The van der Waals surface area contributed by atoms with Gasteiger partial charge in [0.2, 0.25) is 5.95 Å².